The van der Waals surface area contributed by atoms with Crippen LogP contribution in [0.4, 0.5) is 0 Å². The first kappa shape index (κ1) is 15.3. The van der Waals surface area contributed by atoms with Crippen LogP contribution in [0, 0.1) is 19.8 Å². The molecule has 2 aromatic rings. The van der Waals surface area contributed by atoms with Crippen LogP contribution in [0.3, 0.4) is 0 Å². The Kier molecular flexibility index (Phi) is 3.83. The van der Waals surface area contributed by atoms with E-state index in [0.29, 0.717) is 11.4 Å². The highest BCUT2D eigenvalue weighted by Gasteiger charge is 2.57. The Balaban J connectivity index is 1.93. The van der Waals surface area contributed by atoms with E-state index in [1.165, 1.54) is 5.56 Å². The normalized spacial score (nSPS) is 24.2. The Hall–Kier alpha value is -1.65. The molecule has 3 atom stereocenters. The Morgan fingerprint density at radius 2 is 1.41 bits per heavy atom. The van der Waals surface area contributed by atoms with Crippen molar-refractivity contribution < 1.29 is 8.42 Å². The van der Waals surface area contributed by atoms with Crippen LogP contribution in [0.15, 0.2) is 53.4 Å². The quantitative estimate of drug-likeness (QED) is 0.944. The fourth-order valence-corrected chi connectivity index (χ4v) is 5.38. The van der Waals surface area contributed by atoms with E-state index >= 15 is 0 Å². The second kappa shape index (κ2) is 5.52. The average Bonchev–Trinajstić information content (AvgIpc) is 3.24. The van der Waals surface area contributed by atoms with Crippen LogP contribution in [0.5, 0.6) is 0 Å². The van der Waals surface area contributed by atoms with Gasteiger partial charge in [-0.05, 0) is 44.0 Å². The summed E-state index contributed by atoms with van der Waals surface area (Å²) in [5, 5.41) is -0.400. The summed E-state index contributed by atoms with van der Waals surface area (Å²) in [4.78, 5) is 0.399. The van der Waals surface area contributed by atoms with Gasteiger partial charge in [0.15, 0.2) is 9.84 Å². The highest BCUT2D eigenvalue weighted by molar-refractivity contribution is 7.92. The lowest BCUT2D eigenvalue weighted by atomic mass is 10.1. The monoisotopic (exact) mass is 315 g/mol. The molecule has 2 N–H and O–H groups in total. The third-order valence-corrected chi connectivity index (χ3v) is 6.83. The van der Waals surface area contributed by atoms with Gasteiger partial charge in [-0.1, -0.05) is 47.5 Å². The van der Waals surface area contributed by atoms with Gasteiger partial charge in [-0.25, -0.2) is 8.42 Å². The van der Waals surface area contributed by atoms with Crippen molar-refractivity contribution in [2.24, 2.45) is 11.7 Å². The maximum atomic E-state index is 12.9. The molecule has 1 aliphatic rings. The van der Waals surface area contributed by atoms with Crippen LogP contribution in [0.25, 0.3) is 0 Å². The van der Waals surface area contributed by atoms with Gasteiger partial charge >= 0.3 is 0 Å². The first-order valence-electron chi connectivity index (χ1n) is 7.52. The van der Waals surface area contributed by atoms with Crippen LogP contribution < -0.4 is 5.73 Å². The summed E-state index contributed by atoms with van der Waals surface area (Å²) in [6.07, 6.45) is 0. The molecule has 0 bridgehead atoms. The van der Waals surface area contributed by atoms with E-state index in [0.717, 1.165) is 11.1 Å². The predicted molar refractivity (Wildman–Crippen MR) is 88.6 cm³/mol. The number of aryl methyl sites for hydroxylation is 2. The van der Waals surface area contributed by atoms with Crippen LogP contribution in [0.2, 0.25) is 0 Å². The van der Waals surface area contributed by atoms with Gasteiger partial charge in [0.1, 0.15) is 0 Å². The first-order valence-corrected chi connectivity index (χ1v) is 9.07. The molecule has 1 saturated carbocycles. The molecule has 116 valence electrons. The second-order valence-electron chi connectivity index (χ2n) is 6.16. The minimum Gasteiger partial charge on any atom is -0.330 e. The summed E-state index contributed by atoms with van der Waals surface area (Å²) in [5.74, 6) is 0.0194. The lowest BCUT2D eigenvalue weighted by Gasteiger charge is -2.05. The molecule has 0 unspecified atom stereocenters. The lowest BCUT2D eigenvalue weighted by molar-refractivity contribution is 0.591. The largest absolute Gasteiger partial charge is 0.330 e. The van der Waals surface area contributed by atoms with Crippen molar-refractivity contribution in [2.75, 3.05) is 6.54 Å². The summed E-state index contributed by atoms with van der Waals surface area (Å²) in [6, 6.07) is 15.2. The number of sulfone groups is 1. The molecule has 0 aliphatic heterocycles. The summed E-state index contributed by atoms with van der Waals surface area (Å²) in [7, 11) is -3.33. The van der Waals surface area contributed by atoms with Crippen LogP contribution in [-0.2, 0) is 9.84 Å². The average molecular weight is 315 g/mol. The van der Waals surface area contributed by atoms with E-state index in [1.807, 2.05) is 50.2 Å². The molecule has 4 heteroatoms. The van der Waals surface area contributed by atoms with Crippen molar-refractivity contribution in [3.05, 3.63) is 65.2 Å². The Labute approximate surface area is 132 Å². The van der Waals surface area contributed by atoms with Crippen LogP contribution >= 0.6 is 0 Å². The molecule has 3 rings (SSSR count). The standard InChI is InChI=1S/C18H21NO2S/c1-12-3-7-14(8-4-12)17-16(11-19)18(17)22(20,21)15-9-5-13(2)6-10-15/h3-10,16-18H,11,19H2,1-2H3/t16-,17-,18+/m1/s1. The van der Waals surface area contributed by atoms with Crippen molar-refractivity contribution in [2.45, 2.75) is 29.9 Å². The SMILES string of the molecule is Cc1ccc([C@@H]2[C@@H](CN)[C@@H]2S(=O)(=O)c2ccc(C)cc2)cc1. The summed E-state index contributed by atoms with van der Waals surface area (Å²) < 4.78 is 25.7. The van der Waals surface area contributed by atoms with Gasteiger partial charge < -0.3 is 5.73 Å². The highest BCUT2D eigenvalue weighted by atomic mass is 32.2. The fourth-order valence-electron chi connectivity index (χ4n) is 3.16. The molecule has 0 spiro atoms. The topological polar surface area (TPSA) is 60.2 Å². The van der Waals surface area contributed by atoms with Gasteiger partial charge in [0.05, 0.1) is 10.1 Å². The molecule has 2 aromatic carbocycles. The summed E-state index contributed by atoms with van der Waals surface area (Å²) >= 11 is 0. The smallest absolute Gasteiger partial charge is 0.182 e. The summed E-state index contributed by atoms with van der Waals surface area (Å²) in [5.41, 5.74) is 9.12. The molecule has 0 heterocycles. The molecule has 1 fully saturated rings. The third kappa shape index (κ3) is 2.57. The second-order valence-corrected chi connectivity index (χ2v) is 8.26. The summed E-state index contributed by atoms with van der Waals surface area (Å²) in [6.45, 7) is 4.37. The van der Waals surface area contributed by atoms with Gasteiger partial charge in [-0.2, -0.15) is 0 Å². The number of nitrogens with two attached hydrogens (primary N) is 1. The molecule has 3 nitrogen and oxygen atoms in total. The molecular formula is C18H21NO2S. The van der Waals surface area contributed by atoms with E-state index in [1.54, 1.807) is 12.1 Å². The van der Waals surface area contributed by atoms with Gasteiger partial charge in [-0.15, -0.1) is 0 Å². The van der Waals surface area contributed by atoms with Gasteiger partial charge in [0.2, 0.25) is 0 Å². The molecule has 0 amide bonds. The molecule has 0 saturated heterocycles. The first-order chi connectivity index (χ1) is 10.4. The van der Waals surface area contributed by atoms with Crippen molar-refractivity contribution >= 4 is 9.84 Å². The molecule has 0 aromatic heterocycles. The Morgan fingerprint density at radius 3 is 1.91 bits per heavy atom. The fraction of sp³-hybridized carbons (Fsp3) is 0.333. The zero-order valence-electron chi connectivity index (χ0n) is 12.9. The lowest BCUT2D eigenvalue weighted by Crippen LogP contribution is -2.13. The zero-order chi connectivity index (χ0) is 15.9. The maximum absolute atomic E-state index is 12.9. The Morgan fingerprint density at radius 1 is 0.909 bits per heavy atom. The highest BCUT2D eigenvalue weighted by Crippen LogP contribution is 2.53. The van der Waals surface area contributed by atoms with Gasteiger partial charge in [0.25, 0.3) is 0 Å². The molecule has 1 aliphatic carbocycles. The third-order valence-electron chi connectivity index (χ3n) is 4.54. The van der Waals surface area contributed by atoms with E-state index in [-0.39, 0.29) is 11.8 Å². The van der Waals surface area contributed by atoms with Gasteiger partial charge in [-0.3, -0.25) is 0 Å². The predicted octanol–water partition coefficient (Wildman–Crippen LogP) is 2.82. The molecular weight excluding hydrogens is 294 g/mol. The molecule has 0 radical (unpaired) electrons. The van der Waals surface area contributed by atoms with E-state index in [9.17, 15) is 8.42 Å². The van der Waals surface area contributed by atoms with Crippen molar-refractivity contribution in [1.82, 2.24) is 0 Å². The van der Waals surface area contributed by atoms with E-state index in [2.05, 4.69) is 0 Å². The number of hydrogen-bond donors (Lipinski definition) is 1. The number of benzene rings is 2. The van der Waals surface area contributed by atoms with Crippen LogP contribution in [-0.4, -0.2) is 20.2 Å². The van der Waals surface area contributed by atoms with Crippen molar-refractivity contribution in [3.8, 4) is 0 Å². The van der Waals surface area contributed by atoms with Crippen LogP contribution in [0.1, 0.15) is 22.6 Å². The van der Waals surface area contributed by atoms with E-state index < -0.39 is 15.1 Å². The van der Waals surface area contributed by atoms with Gasteiger partial charge in [0, 0.05) is 5.92 Å². The maximum Gasteiger partial charge on any atom is 0.182 e. The Bertz CT molecular complexity index is 764. The minimum absolute atomic E-state index is 0.00834. The van der Waals surface area contributed by atoms with Crippen molar-refractivity contribution in [3.63, 3.8) is 0 Å². The number of rotatable bonds is 4. The van der Waals surface area contributed by atoms with Crippen molar-refractivity contribution in [1.29, 1.82) is 0 Å². The minimum atomic E-state index is -3.33. The zero-order valence-corrected chi connectivity index (χ0v) is 13.7. The van der Waals surface area contributed by atoms with E-state index in [4.69, 9.17) is 5.73 Å². The number of hydrogen-bond acceptors (Lipinski definition) is 3. The molecule has 22 heavy (non-hydrogen) atoms.